The first kappa shape index (κ1) is 22.1. The van der Waals surface area contributed by atoms with Crippen molar-refractivity contribution in [3.05, 3.63) is 48.7 Å². The molecule has 0 bridgehead atoms. The van der Waals surface area contributed by atoms with Crippen molar-refractivity contribution in [3.8, 4) is 5.75 Å². The molecular formula is C25H29N7O2. The summed E-state index contributed by atoms with van der Waals surface area (Å²) < 4.78 is 6.35. The number of carbonyl (C=O) groups is 1. The van der Waals surface area contributed by atoms with E-state index in [1.54, 1.807) is 18.7 Å². The van der Waals surface area contributed by atoms with Crippen LogP contribution in [0.3, 0.4) is 0 Å². The number of H-pyrrole nitrogens is 1. The predicted molar refractivity (Wildman–Crippen MR) is 131 cm³/mol. The number of benzene rings is 1. The van der Waals surface area contributed by atoms with Gasteiger partial charge in [-0.15, -0.1) is 0 Å². The molecule has 4 heterocycles. The maximum absolute atomic E-state index is 12.7. The molecule has 1 aliphatic heterocycles. The summed E-state index contributed by atoms with van der Waals surface area (Å²) in [5, 5.41) is 3.87. The van der Waals surface area contributed by atoms with Gasteiger partial charge in [-0.2, -0.15) is 0 Å². The number of aromatic nitrogens is 5. The Morgan fingerprint density at radius 2 is 2.15 bits per heavy atom. The summed E-state index contributed by atoms with van der Waals surface area (Å²) in [6, 6.07) is 9.68. The number of nitrogens with zero attached hydrogens (tertiary/aromatic N) is 5. The van der Waals surface area contributed by atoms with E-state index >= 15 is 0 Å². The van der Waals surface area contributed by atoms with Crippen molar-refractivity contribution >= 4 is 33.8 Å². The number of aromatic amines is 1. The molecule has 1 fully saturated rings. The van der Waals surface area contributed by atoms with Crippen molar-refractivity contribution in [1.29, 1.82) is 0 Å². The second-order valence-electron chi connectivity index (χ2n) is 8.58. The minimum Gasteiger partial charge on any atom is -0.491 e. The molecule has 1 saturated heterocycles. The van der Waals surface area contributed by atoms with Crippen molar-refractivity contribution in [3.63, 3.8) is 0 Å². The number of carbonyl (C=O) groups excluding carboxylic acids is 1. The van der Waals surface area contributed by atoms with Crippen LogP contribution in [0.15, 0.2) is 43.0 Å². The highest BCUT2D eigenvalue weighted by atomic mass is 16.5. The van der Waals surface area contributed by atoms with E-state index in [9.17, 15) is 4.79 Å². The Balaban J connectivity index is 1.35. The lowest BCUT2D eigenvalue weighted by Gasteiger charge is -2.26. The number of fused-ring (bicyclic) bond motifs is 2. The normalized spacial score (nSPS) is 15.8. The van der Waals surface area contributed by atoms with Gasteiger partial charge in [-0.25, -0.2) is 19.9 Å². The highest BCUT2D eigenvalue weighted by molar-refractivity contribution is 5.97. The molecule has 1 amide bonds. The molecular weight excluding hydrogens is 430 g/mol. The highest BCUT2D eigenvalue weighted by Crippen LogP contribution is 2.30. The van der Waals surface area contributed by atoms with Gasteiger partial charge >= 0.3 is 0 Å². The molecule has 9 heteroatoms. The van der Waals surface area contributed by atoms with Crippen LogP contribution in [0, 0.1) is 0 Å². The van der Waals surface area contributed by atoms with Crippen molar-refractivity contribution in [2.45, 2.75) is 45.1 Å². The van der Waals surface area contributed by atoms with Crippen LogP contribution < -0.4 is 15.0 Å². The molecule has 3 aromatic heterocycles. The maximum atomic E-state index is 12.7. The fourth-order valence-corrected chi connectivity index (χ4v) is 4.49. The molecule has 1 unspecified atom stereocenters. The molecule has 4 aromatic rings. The van der Waals surface area contributed by atoms with E-state index in [-0.39, 0.29) is 11.9 Å². The van der Waals surface area contributed by atoms with Crippen LogP contribution in [-0.4, -0.2) is 56.6 Å². The van der Waals surface area contributed by atoms with Crippen LogP contribution in [0.2, 0.25) is 0 Å². The minimum atomic E-state index is -0.170. The zero-order valence-corrected chi connectivity index (χ0v) is 19.3. The van der Waals surface area contributed by atoms with Gasteiger partial charge < -0.3 is 19.9 Å². The number of nitrogens with one attached hydrogen (secondary N) is 2. The molecule has 34 heavy (non-hydrogen) atoms. The summed E-state index contributed by atoms with van der Waals surface area (Å²) in [7, 11) is 0. The number of unbranched alkanes of at least 4 members (excludes halogenated alkanes) is 2. The van der Waals surface area contributed by atoms with Crippen LogP contribution in [0.5, 0.6) is 5.75 Å². The Labute approximate surface area is 198 Å². The van der Waals surface area contributed by atoms with Crippen LogP contribution in [-0.2, 0) is 0 Å². The molecule has 2 N–H and O–H groups in total. The van der Waals surface area contributed by atoms with Crippen LogP contribution in [0.1, 0.15) is 49.5 Å². The van der Waals surface area contributed by atoms with Gasteiger partial charge in [0.25, 0.3) is 5.91 Å². The second-order valence-corrected chi connectivity index (χ2v) is 8.58. The number of hydrogen-bond donors (Lipinski definition) is 2. The molecule has 1 aliphatic rings. The quantitative estimate of drug-likeness (QED) is 0.366. The van der Waals surface area contributed by atoms with Crippen LogP contribution in [0.4, 0.5) is 5.82 Å². The largest absolute Gasteiger partial charge is 0.491 e. The number of para-hydroxylation sites is 1. The van der Waals surface area contributed by atoms with E-state index in [4.69, 9.17) is 4.74 Å². The van der Waals surface area contributed by atoms with Gasteiger partial charge in [-0.05, 0) is 31.4 Å². The first-order chi connectivity index (χ1) is 16.7. The van der Waals surface area contributed by atoms with Gasteiger partial charge in [0, 0.05) is 24.5 Å². The van der Waals surface area contributed by atoms with Crippen molar-refractivity contribution in [2.24, 2.45) is 0 Å². The Bertz CT molecular complexity index is 1290. The standard InChI is InChI=1S/C25H29N7O2/c1-2-3-6-11-26-25(33)20-13-21(18-9-4-5-10-19(18)31-20)34-14-17-8-7-12-32(17)24-22-23(28-15-27-22)29-16-30-24/h4-5,9-10,13,15-17H,2-3,6-8,11-12,14H2,1H3,(H,26,33)(H,27,28,29,30). The summed E-state index contributed by atoms with van der Waals surface area (Å²) >= 11 is 0. The Hall–Kier alpha value is -3.75. The van der Waals surface area contributed by atoms with Crippen LogP contribution in [0.25, 0.3) is 22.1 Å². The van der Waals surface area contributed by atoms with E-state index in [2.05, 4.69) is 42.1 Å². The fourth-order valence-electron chi connectivity index (χ4n) is 4.49. The average molecular weight is 460 g/mol. The number of pyridine rings is 1. The molecule has 0 spiro atoms. The van der Waals surface area contributed by atoms with Gasteiger partial charge in [0.05, 0.1) is 17.9 Å². The molecule has 176 valence electrons. The van der Waals surface area contributed by atoms with Crippen molar-refractivity contribution in [1.82, 2.24) is 30.2 Å². The summed E-state index contributed by atoms with van der Waals surface area (Å²) in [4.78, 5) is 35.7. The highest BCUT2D eigenvalue weighted by Gasteiger charge is 2.28. The van der Waals surface area contributed by atoms with Gasteiger partial charge in [-0.1, -0.05) is 31.9 Å². The van der Waals surface area contributed by atoms with E-state index in [0.29, 0.717) is 30.2 Å². The zero-order valence-electron chi connectivity index (χ0n) is 19.3. The van der Waals surface area contributed by atoms with E-state index in [0.717, 1.165) is 60.9 Å². The minimum absolute atomic E-state index is 0.152. The number of ether oxygens (including phenoxy) is 1. The Morgan fingerprint density at radius 3 is 3.06 bits per heavy atom. The second kappa shape index (κ2) is 10.0. The predicted octanol–water partition coefficient (Wildman–Crippen LogP) is 3.87. The number of amides is 1. The van der Waals surface area contributed by atoms with Crippen molar-refractivity contribution in [2.75, 3.05) is 24.6 Å². The first-order valence-electron chi connectivity index (χ1n) is 12.0. The number of rotatable bonds is 9. The topological polar surface area (TPSA) is 109 Å². The lowest BCUT2D eigenvalue weighted by Crippen LogP contribution is -2.35. The SMILES string of the molecule is CCCCCNC(=O)c1cc(OCC2CCCN2c2ncnc3nc[nH]c23)c2ccccc2n1. The Kier molecular flexibility index (Phi) is 6.51. The maximum Gasteiger partial charge on any atom is 0.270 e. The third-order valence-corrected chi connectivity index (χ3v) is 6.26. The number of hydrogen-bond acceptors (Lipinski definition) is 7. The first-order valence-corrected chi connectivity index (χ1v) is 12.0. The molecule has 0 saturated carbocycles. The smallest absolute Gasteiger partial charge is 0.270 e. The van der Waals surface area contributed by atoms with Gasteiger partial charge in [0.2, 0.25) is 0 Å². The van der Waals surface area contributed by atoms with Crippen molar-refractivity contribution < 1.29 is 9.53 Å². The Morgan fingerprint density at radius 1 is 1.24 bits per heavy atom. The monoisotopic (exact) mass is 459 g/mol. The molecule has 9 nitrogen and oxygen atoms in total. The van der Waals surface area contributed by atoms with E-state index in [1.807, 2.05) is 24.3 Å². The fraction of sp³-hybridized carbons (Fsp3) is 0.400. The molecule has 5 rings (SSSR count). The van der Waals surface area contributed by atoms with E-state index < -0.39 is 0 Å². The number of imidazole rings is 1. The lowest BCUT2D eigenvalue weighted by atomic mass is 10.1. The average Bonchev–Trinajstić information content (AvgIpc) is 3.54. The summed E-state index contributed by atoms with van der Waals surface area (Å²) in [6.07, 6.45) is 8.40. The van der Waals surface area contributed by atoms with Crippen LogP contribution >= 0.6 is 0 Å². The van der Waals surface area contributed by atoms with Gasteiger partial charge in [-0.3, -0.25) is 4.79 Å². The molecule has 0 aliphatic carbocycles. The third-order valence-electron chi connectivity index (χ3n) is 6.26. The zero-order chi connectivity index (χ0) is 23.3. The summed E-state index contributed by atoms with van der Waals surface area (Å²) in [5.74, 6) is 1.35. The van der Waals surface area contributed by atoms with E-state index in [1.165, 1.54) is 0 Å². The molecule has 1 atom stereocenters. The lowest BCUT2D eigenvalue weighted by molar-refractivity contribution is 0.0948. The van der Waals surface area contributed by atoms with Gasteiger partial charge in [0.1, 0.15) is 29.9 Å². The summed E-state index contributed by atoms with van der Waals surface area (Å²) in [6.45, 7) is 4.16. The third kappa shape index (κ3) is 4.50. The summed E-state index contributed by atoms with van der Waals surface area (Å²) in [5.41, 5.74) is 2.62. The molecule has 0 radical (unpaired) electrons. The molecule has 1 aromatic carbocycles. The number of anilines is 1. The van der Waals surface area contributed by atoms with Gasteiger partial charge in [0.15, 0.2) is 11.5 Å².